The molecule has 0 radical (unpaired) electrons. The summed E-state index contributed by atoms with van der Waals surface area (Å²) in [7, 11) is -1.75. The van der Waals surface area contributed by atoms with E-state index in [1.807, 2.05) is 6.92 Å². The van der Waals surface area contributed by atoms with Gasteiger partial charge < -0.3 is 5.32 Å². The summed E-state index contributed by atoms with van der Waals surface area (Å²) in [5, 5.41) is 9.78. The van der Waals surface area contributed by atoms with Crippen LogP contribution in [-0.2, 0) is 16.6 Å². The molecule has 0 spiro atoms. The van der Waals surface area contributed by atoms with Gasteiger partial charge in [0, 0.05) is 12.6 Å². The van der Waals surface area contributed by atoms with Crippen molar-refractivity contribution in [2.24, 2.45) is 5.92 Å². The maximum atomic E-state index is 12.6. The van der Waals surface area contributed by atoms with Crippen molar-refractivity contribution in [3.05, 3.63) is 11.4 Å². The average Bonchev–Trinajstić information content (AvgIpc) is 2.99. The van der Waals surface area contributed by atoms with E-state index in [2.05, 4.69) is 20.2 Å². The molecule has 1 unspecified atom stereocenters. The van der Waals surface area contributed by atoms with Crippen molar-refractivity contribution in [2.45, 2.75) is 57.0 Å². The first-order chi connectivity index (χ1) is 9.45. The molecule has 114 valence electrons. The second-order valence-electron chi connectivity index (χ2n) is 5.61. The molecule has 1 saturated carbocycles. The molecule has 1 aromatic rings. The smallest absolute Gasteiger partial charge is 0.244 e. The molecule has 3 N–H and O–H groups in total. The first-order valence-corrected chi connectivity index (χ1v) is 8.64. The van der Waals surface area contributed by atoms with Crippen LogP contribution in [0.4, 0.5) is 0 Å². The largest absolute Gasteiger partial charge is 0.314 e. The Morgan fingerprint density at radius 3 is 2.65 bits per heavy atom. The third-order valence-electron chi connectivity index (χ3n) is 4.02. The van der Waals surface area contributed by atoms with Gasteiger partial charge in [-0.3, -0.25) is 5.10 Å². The van der Waals surface area contributed by atoms with Crippen LogP contribution in [0.5, 0.6) is 0 Å². The zero-order chi connectivity index (χ0) is 14.8. The molecular formula is C13H24N4O2S. The SMILES string of the molecule is CNCc1n[nH]c(C)c1S(=O)(=O)NC(C)C1CCCC1. The number of aromatic amines is 1. The molecule has 0 amide bonds. The molecule has 0 saturated heterocycles. The quantitative estimate of drug-likeness (QED) is 0.739. The number of aromatic nitrogens is 2. The van der Waals surface area contributed by atoms with E-state index in [0.717, 1.165) is 12.8 Å². The number of hydrogen-bond acceptors (Lipinski definition) is 4. The van der Waals surface area contributed by atoms with Gasteiger partial charge in [-0.25, -0.2) is 13.1 Å². The van der Waals surface area contributed by atoms with Gasteiger partial charge in [0.1, 0.15) is 4.90 Å². The van der Waals surface area contributed by atoms with Crippen molar-refractivity contribution >= 4 is 10.0 Å². The molecule has 20 heavy (non-hydrogen) atoms. The lowest BCUT2D eigenvalue weighted by molar-refractivity contribution is 0.423. The Morgan fingerprint density at radius 2 is 2.05 bits per heavy atom. The lowest BCUT2D eigenvalue weighted by Gasteiger charge is -2.20. The van der Waals surface area contributed by atoms with Crippen LogP contribution in [0, 0.1) is 12.8 Å². The van der Waals surface area contributed by atoms with E-state index < -0.39 is 10.0 Å². The highest BCUT2D eigenvalue weighted by Crippen LogP contribution is 2.28. The third-order valence-corrected chi connectivity index (χ3v) is 5.78. The Bertz CT molecular complexity index is 547. The molecule has 1 atom stereocenters. The maximum absolute atomic E-state index is 12.6. The molecule has 1 fully saturated rings. The third kappa shape index (κ3) is 3.21. The number of aryl methyl sites for hydroxylation is 1. The van der Waals surface area contributed by atoms with E-state index >= 15 is 0 Å². The molecule has 1 heterocycles. The fourth-order valence-corrected chi connectivity index (χ4v) is 4.65. The first kappa shape index (κ1) is 15.5. The van der Waals surface area contributed by atoms with Crippen LogP contribution >= 0.6 is 0 Å². The van der Waals surface area contributed by atoms with Gasteiger partial charge in [-0.15, -0.1) is 0 Å². The van der Waals surface area contributed by atoms with Gasteiger partial charge in [0.25, 0.3) is 0 Å². The van der Waals surface area contributed by atoms with Crippen molar-refractivity contribution in [1.29, 1.82) is 0 Å². The van der Waals surface area contributed by atoms with E-state index in [1.165, 1.54) is 12.8 Å². The first-order valence-electron chi connectivity index (χ1n) is 7.16. The summed E-state index contributed by atoms with van der Waals surface area (Å²) >= 11 is 0. The minimum atomic E-state index is -3.52. The van der Waals surface area contributed by atoms with Crippen molar-refractivity contribution in [1.82, 2.24) is 20.2 Å². The van der Waals surface area contributed by atoms with E-state index in [1.54, 1.807) is 14.0 Å². The van der Waals surface area contributed by atoms with E-state index in [4.69, 9.17) is 0 Å². The Kier molecular flexibility index (Phi) is 4.82. The zero-order valence-corrected chi connectivity index (χ0v) is 13.2. The number of H-pyrrole nitrogens is 1. The fraction of sp³-hybridized carbons (Fsp3) is 0.769. The van der Waals surface area contributed by atoms with Crippen LogP contribution in [-0.4, -0.2) is 31.7 Å². The minimum absolute atomic E-state index is 0.0285. The molecule has 7 heteroatoms. The predicted molar refractivity (Wildman–Crippen MR) is 77.8 cm³/mol. The highest BCUT2D eigenvalue weighted by molar-refractivity contribution is 7.89. The van der Waals surface area contributed by atoms with Crippen molar-refractivity contribution < 1.29 is 8.42 Å². The summed E-state index contributed by atoms with van der Waals surface area (Å²) in [5.41, 5.74) is 1.12. The van der Waals surface area contributed by atoms with Crippen LogP contribution < -0.4 is 10.0 Å². The zero-order valence-electron chi connectivity index (χ0n) is 12.4. The molecular weight excluding hydrogens is 276 g/mol. The average molecular weight is 300 g/mol. The molecule has 0 aliphatic heterocycles. The standard InChI is InChI=1S/C13H24N4O2S/c1-9(11-6-4-5-7-11)17-20(18,19)13-10(2)15-16-12(13)8-14-3/h9,11,14,17H,4-8H2,1-3H3,(H,15,16). The van der Waals surface area contributed by atoms with Gasteiger partial charge in [-0.2, -0.15) is 5.10 Å². The summed E-state index contributed by atoms with van der Waals surface area (Å²) in [5.74, 6) is 0.449. The number of nitrogens with one attached hydrogen (secondary N) is 3. The lowest BCUT2D eigenvalue weighted by Crippen LogP contribution is -2.37. The molecule has 0 aromatic carbocycles. The van der Waals surface area contributed by atoms with Crippen LogP contribution in [0.25, 0.3) is 0 Å². The normalized spacial score (nSPS) is 18.6. The second kappa shape index (κ2) is 6.24. The second-order valence-corrected chi connectivity index (χ2v) is 7.26. The van der Waals surface area contributed by atoms with Gasteiger partial charge in [0.2, 0.25) is 10.0 Å². The van der Waals surface area contributed by atoms with Crippen LogP contribution in [0.3, 0.4) is 0 Å². The molecule has 2 rings (SSSR count). The lowest BCUT2D eigenvalue weighted by atomic mass is 10.0. The Hall–Kier alpha value is -0.920. The molecule has 6 nitrogen and oxygen atoms in total. The topological polar surface area (TPSA) is 86.9 Å². The number of rotatable bonds is 6. The summed E-state index contributed by atoms with van der Waals surface area (Å²) in [4.78, 5) is 0.289. The van der Waals surface area contributed by atoms with Gasteiger partial charge in [0.15, 0.2) is 0 Å². The van der Waals surface area contributed by atoms with Gasteiger partial charge in [-0.1, -0.05) is 12.8 Å². The number of nitrogens with zero attached hydrogens (tertiary/aromatic N) is 1. The molecule has 1 aliphatic rings. The van der Waals surface area contributed by atoms with Gasteiger partial charge in [0.05, 0.1) is 11.4 Å². The number of sulfonamides is 1. The van der Waals surface area contributed by atoms with Gasteiger partial charge in [-0.05, 0) is 39.7 Å². The van der Waals surface area contributed by atoms with Crippen molar-refractivity contribution in [3.63, 3.8) is 0 Å². The van der Waals surface area contributed by atoms with Crippen LogP contribution in [0.2, 0.25) is 0 Å². The van der Waals surface area contributed by atoms with Crippen LogP contribution in [0.15, 0.2) is 4.90 Å². The van der Waals surface area contributed by atoms with E-state index in [-0.39, 0.29) is 10.9 Å². The van der Waals surface area contributed by atoms with Crippen LogP contribution in [0.1, 0.15) is 44.0 Å². The minimum Gasteiger partial charge on any atom is -0.314 e. The van der Waals surface area contributed by atoms with Gasteiger partial charge >= 0.3 is 0 Å². The monoisotopic (exact) mass is 300 g/mol. The summed E-state index contributed by atoms with van der Waals surface area (Å²) < 4.78 is 28.0. The van der Waals surface area contributed by atoms with E-state index in [9.17, 15) is 8.42 Å². The number of hydrogen-bond donors (Lipinski definition) is 3. The molecule has 0 bridgehead atoms. The fourth-order valence-electron chi connectivity index (χ4n) is 2.97. The Balaban J connectivity index is 2.19. The molecule has 1 aromatic heterocycles. The van der Waals surface area contributed by atoms with Crippen molar-refractivity contribution in [3.8, 4) is 0 Å². The van der Waals surface area contributed by atoms with Crippen molar-refractivity contribution in [2.75, 3.05) is 7.05 Å². The maximum Gasteiger partial charge on any atom is 0.244 e. The highest BCUT2D eigenvalue weighted by Gasteiger charge is 2.29. The summed E-state index contributed by atoms with van der Waals surface area (Å²) in [6, 6.07) is -0.0285. The Morgan fingerprint density at radius 1 is 1.40 bits per heavy atom. The summed E-state index contributed by atoms with van der Waals surface area (Å²) in [6.45, 7) is 4.13. The summed E-state index contributed by atoms with van der Waals surface area (Å²) in [6.07, 6.45) is 4.62. The van der Waals surface area contributed by atoms with E-state index in [0.29, 0.717) is 23.9 Å². The molecule has 1 aliphatic carbocycles. The highest BCUT2D eigenvalue weighted by atomic mass is 32.2. The Labute approximate surface area is 120 Å². The predicted octanol–water partition coefficient (Wildman–Crippen LogP) is 1.29.